The van der Waals surface area contributed by atoms with E-state index in [0.717, 1.165) is 23.1 Å². The van der Waals surface area contributed by atoms with E-state index in [2.05, 4.69) is 10.1 Å². The van der Waals surface area contributed by atoms with Crippen LogP contribution >= 0.6 is 0 Å². The van der Waals surface area contributed by atoms with Gasteiger partial charge in [-0.25, -0.2) is 14.1 Å². The number of Topliss-reactive ketones (excluding diaryl/α,β-unsaturated/α-hetero) is 1. The molecule has 0 aliphatic rings. The second kappa shape index (κ2) is 4.94. The summed E-state index contributed by atoms with van der Waals surface area (Å²) in [5, 5.41) is 3.30. The highest BCUT2D eigenvalue weighted by atomic mass is 19.4. The highest BCUT2D eigenvalue weighted by molar-refractivity contribution is 6.01. The van der Waals surface area contributed by atoms with Crippen molar-refractivity contribution in [2.24, 2.45) is 0 Å². The number of hydrogen-bond donors (Lipinski definition) is 0. The van der Waals surface area contributed by atoms with Crippen molar-refractivity contribution in [1.82, 2.24) is 14.8 Å². The first-order valence-corrected chi connectivity index (χ1v) is 5.92. The van der Waals surface area contributed by atoms with Gasteiger partial charge in [-0.05, 0) is 38.1 Å². The molecule has 0 fully saturated rings. The van der Waals surface area contributed by atoms with Crippen LogP contribution in [0, 0.1) is 5.82 Å². The maximum Gasteiger partial charge on any atom is 0.453 e. The van der Waals surface area contributed by atoms with Gasteiger partial charge in [0.2, 0.25) is 0 Å². The summed E-state index contributed by atoms with van der Waals surface area (Å²) < 4.78 is 51.2. The molecule has 0 bridgehead atoms. The summed E-state index contributed by atoms with van der Waals surface area (Å²) in [6.07, 6.45) is -3.83. The molecule has 0 N–H and O–H groups in total. The predicted octanol–water partition coefficient (Wildman–Crippen LogP) is 3.05. The first-order valence-electron chi connectivity index (χ1n) is 5.92. The Kier molecular flexibility index (Phi) is 3.56. The first kappa shape index (κ1) is 15.1. The third-order valence-corrected chi connectivity index (χ3v) is 2.98. The molecule has 8 heteroatoms. The van der Waals surface area contributed by atoms with Gasteiger partial charge in [0, 0.05) is 5.56 Å². The summed E-state index contributed by atoms with van der Waals surface area (Å²) in [4.78, 5) is 15.5. The van der Waals surface area contributed by atoms with E-state index in [1.54, 1.807) is 0 Å². The number of carbonyl (C=O) groups excluding carboxylic acids is 1. The Morgan fingerprint density at radius 1 is 1.14 bits per heavy atom. The fraction of sp³-hybridized carbons (Fsp3) is 0.308. The molecule has 0 aliphatic carbocycles. The molecule has 0 aliphatic heterocycles. The van der Waals surface area contributed by atoms with E-state index >= 15 is 0 Å². The minimum absolute atomic E-state index is 0.172. The number of benzene rings is 1. The second-order valence-corrected chi connectivity index (χ2v) is 4.91. The molecule has 0 radical (unpaired) electrons. The van der Waals surface area contributed by atoms with Crippen molar-refractivity contribution in [3.8, 4) is 0 Å². The molecule has 2 rings (SSSR count). The van der Waals surface area contributed by atoms with Crippen molar-refractivity contribution >= 4 is 5.78 Å². The van der Waals surface area contributed by atoms with Crippen LogP contribution in [0.2, 0.25) is 0 Å². The first-order chi connectivity index (χ1) is 9.62. The molecule has 1 aromatic carbocycles. The van der Waals surface area contributed by atoms with Crippen LogP contribution in [0.3, 0.4) is 0 Å². The van der Waals surface area contributed by atoms with Crippen molar-refractivity contribution in [2.75, 3.05) is 0 Å². The summed E-state index contributed by atoms with van der Waals surface area (Å²) >= 11 is 0. The van der Waals surface area contributed by atoms with Gasteiger partial charge in [0.15, 0.2) is 5.78 Å². The van der Waals surface area contributed by atoms with E-state index in [9.17, 15) is 22.4 Å². The number of aromatic nitrogens is 3. The normalized spacial score (nSPS) is 12.5. The zero-order valence-corrected chi connectivity index (χ0v) is 11.1. The Morgan fingerprint density at radius 2 is 1.71 bits per heavy atom. The lowest BCUT2D eigenvalue weighted by Gasteiger charge is -2.23. The van der Waals surface area contributed by atoms with E-state index in [4.69, 9.17) is 0 Å². The zero-order chi connectivity index (χ0) is 15.8. The largest absolute Gasteiger partial charge is 0.453 e. The highest BCUT2D eigenvalue weighted by Gasteiger charge is 2.39. The maximum absolute atomic E-state index is 12.8. The summed E-state index contributed by atoms with van der Waals surface area (Å²) in [7, 11) is 0. The van der Waals surface area contributed by atoms with Crippen molar-refractivity contribution in [3.63, 3.8) is 0 Å². The van der Waals surface area contributed by atoms with E-state index in [1.165, 1.54) is 26.0 Å². The van der Waals surface area contributed by atoms with Crippen LogP contribution in [0.25, 0.3) is 0 Å². The molecular weight excluding hydrogens is 290 g/mol. The molecule has 1 heterocycles. The number of nitrogens with zero attached hydrogens (tertiary/aromatic N) is 3. The predicted molar refractivity (Wildman–Crippen MR) is 65.1 cm³/mol. The molecule has 1 aromatic heterocycles. The third kappa shape index (κ3) is 2.93. The number of ketones is 1. The molecule has 112 valence electrons. The molecular formula is C13H11F4N3O. The van der Waals surface area contributed by atoms with Crippen molar-refractivity contribution in [3.05, 3.63) is 47.8 Å². The maximum atomic E-state index is 12.8. The Bertz CT molecular complexity index is 659. The molecule has 21 heavy (non-hydrogen) atoms. The molecule has 0 unspecified atom stereocenters. The van der Waals surface area contributed by atoms with Gasteiger partial charge in [-0.2, -0.15) is 13.2 Å². The Labute approximate surface area is 117 Å². The molecule has 0 saturated heterocycles. The van der Waals surface area contributed by atoms with Crippen molar-refractivity contribution in [1.29, 1.82) is 0 Å². The number of carbonyl (C=O) groups is 1. The lowest BCUT2D eigenvalue weighted by molar-refractivity contribution is -0.145. The molecule has 4 nitrogen and oxygen atoms in total. The quantitative estimate of drug-likeness (QED) is 0.646. The van der Waals surface area contributed by atoms with Gasteiger partial charge in [-0.1, -0.05) is 0 Å². The Morgan fingerprint density at radius 3 is 2.19 bits per heavy atom. The Balaban J connectivity index is 2.35. The number of halogens is 4. The molecule has 0 saturated carbocycles. The molecule has 0 spiro atoms. The van der Waals surface area contributed by atoms with Gasteiger partial charge in [0.25, 0.3) is 5.82 Å². The fourth-order valence-corrected chi connectivity index (χ4v) is 1.72. The minimum Gasteiger partial charge on any atom is -0.291 e. The number of rotatable bonds is 3. The second-order valence-electron chi connectivity index (χ2n) is 4.91. The van der Waals surface area contributed by atoms with Gasteiger partial charge in [-0.15, -0.1) is 5.10 Å². The van der Waals surface area contributed by atoms with Crippen LogP contribution in [-0.2, 0) is 11.7 Å². The van der Waals surface area contributed by atoms with E-state index in [1.807, 2.05) is 0 Å². The minimum atomic E-state index is -4.68. The van der Waals surface area contributed by atoms with Gasteiger partial charge in [0.05, 0.1) is 0 Å². The van der Waals surface area contributed by atoms with E-state index < -0.39 is 29.1 Å². The van der Waals surface area contributed by atoms with Gasteiger partial charge in [-0.3, -0.25) is 4.79 Å². The summed E-state index contributed by atoms with van der Waals surface area (Å²) in [5.41, 5.74) is -1.21. The fourth-order valence-electron chi connectivity index (χ4n) is 1.72. The van der Waals surface area contributed by atoms with Crippen LogP contribution in [0.1, 0.15) is 30.0 Å². The van der Waals surface area contributed by atoms with Gasteiger partial charge >= 0.3 is 6.18 Å². The van der Waals surface area contributed by atoms with Crippen LogP contribution in [-0.4, -0.2) is 20.5 Å². The van der Waals surface area contributed by atoms with Gasteiger partial charge < -0.3 is 0 Å². The van der Waals surface area contributed by atoms with Crippen molar-refractivity contribution < 1.29 is 22.4 Å². The summed E-state index contributed by atoms with van der Waals surface area (Å²) in [5.74, 6) is -2.33. The monoisotopic (exact) mass is 301 g/mol. The SMILES string of the molecule is CC(C)(C(=O)c1ccc(F)cc1)n1cnc(C(F)(F)F)n1. The highest BCUT2D eigenvalue weighted by Crippen LogP contribution is 2.27. The summed E-state index contributed by atoms with van der Waals surface area (Å²) in [6, 6.07) is 4.74. The topological polar surface area (TPSA) is 47.8 Å². The summed E-state index contributed by atoms with van der Waals surface area (Å²) in [6.45, 7) is 2.82. The smallest absolute Gasteiger partial charge is 0.291 e. The average molecular weight is 301 g/mol. The molecule has 0 atom stereocenters. The van der Waals surface area contributed by atoms with Crippen LogP contribution in [0.4, 0.5) is 17.6 Å². The molecule has 2 aromatic rings. The van der Waals surface area contributed by atoms with Crippen LogP contribution in [0.5, 0.6) is 0 Å². The van der Waals surface area contributed by atoms with Crippen LogP contribution in [0.15, 0.2) is 30.6 Å². The average Bonchev–Trinajstić information content (AvgIpc) is 2.89. The lowest BCUT2D eigenvalue weighted by atomic mass is 9.93. The van der Waals surface area contributed by atoms with E-state index in [0.29, 0.717) is 0 Å². The number of alkyl halides is 3. The number of hydrogen-bond acceptors (Lipinski definition) is 3. The van der Waals surface area contributed by atoms with Crippen LogP contribution < -0.4 is 0 Å². The van der Waals surface area contributed by atoms with Crippen molar-refractivity contribution in [2.45, 2.75) is 25.6 Å². The van der Waals surface area contributed by atoms with Gasteiger partial charge in [0.1, 0.15) is 17.7 Å². The lowest BCUT2D eigenvalue weighted by Crippen LogP contribution is -2.36. The Hall–Kier alpha value is -2.25. The van der Waals surface area contributed by atoms with E-state index in [-0.39, 0.29) is 5.56 Å². The third-order valence-electron chi connectivity index (χ3n) is 2.98. The molecule has 0 amide bonds. The zero-order valence-electron chi connectivity index (χ0n) is 11.1. The standard InChI is InChI=1S/C13H11F4N3O/c1-12(2,10(21)8-3-5-9(14)6-4-8)20-7-18-11(19-20)13(15,16)17/h3-7H,1-2H3.